The van der Waals surface area contributed by atoms with Gasteiger partial charge in [0.2, 0.25) is 0 Å². The van der Waals surface area contributed by atoms with Gasteiger partial charge in [-0.15, -0.1) is 0 Å². The van der Waals surface area contributed by atoms with E-state index < -0.39 is 0 Å². The number of carbonyl (C=O) groups excluding carboxylic acids is 1. The lowest BCUT2D eigenvalue weighted by atomic mass is 10.1. The maximum atomic E-state index is 12.1. The van der Waals surface area contributed by atoms with Crippen molar-refractivity contribution >= 4 is 17.4 Å². The first-order valence-corrected chi connectivity index (χ1v) is 9.20. The molecule has 0 bridgehead atoms. The molecule has 26 heavy (non-hydrogen) atoms. The topological polar surface area (TPSA) is 53.6 Å². The predicted molar refractivity (Wildman–Crippen MR) is 106 cm³/mol. The molecular weight excluding hydrogens is 326 g/mol. The highest BCUT2D eigenvalue weighted by atomic mass is 16.5. The number of aryl methyl sites for hydroxylation is 1. The van der Waals surface area contributed by atoms with Gasteiger partial charge in [0.1, 0.15) is 5.75 Å². The van der Waals surface area contributed by atoms with Crippen LogP contribution in [0.3, 0.4) is 0 Å². The molecule has 0 saturated carbocycles. The molecule has 138 valence electrons. The van der Waals surface area contributed by atoms with E-state index in [0.717, 1.165) is 37.4 Å². The fourth-order valence-corrected chi connectivity index (χ4v) is 3.26. The molecule has 1 aliphatic heterocycles. The Morgan fingerprint density at radius 3 is 2.54 bits per heavy atom. The van der Waals surface area contributed by atoms with Crippen LogP contribution in [0.5, 0.6) is 5.75 Å². The molecule has 1 saturated heterocycles. The Hall–Kier alpha value is -2.69. The van der Waals surface area contributed by atoms with Crippen LogP contribution in [0.2, 0.25) is 0 Å². The molecule has 1 fully saturated rings. The number of amides is 2. The van der Waals surface area contributed by atoms with Gasteiger partial charge in [0, 0.05) is 31.0 Å². The number of urea groups is 1. The summed E-state index contributed by atoms with van der Waals surface area (Å²) >= 11 is 0. The number of rotatable bonds is 6. The van der Waals surface area contributed by atoms with Crippen molar-refractivity contribution in [3.05, 3.63) is 54.1 Å². The lowest BCUT2D eigenvalue weighted by molar-refractivity contribution is 0.250. The Bertz CT molecular complexity index is 713. The summed E-state index contributed by atoms with van der Waals surface area (Å²) in [6, 6.07) is 16.0. The Labute approximate surface area is 155 Å². The first kappa shape index (κ1) is 18.1. The van der Waals surface area contributed by atoms with E-state index in [2.05, 4.69) is 34.6 Å². The van der Waals surface area contributed by atoms with Crippen LogP contribution in [0.4, 0.5) is 16.2 Å². The minimum absolute atomic E-state index is 0.142. The maximum Gasteiger partial charge on any atom is 0.319 e. The largest absolute Gasteiger partial charge is 0.497 e. The van der Waals surface area contributed by atoms with Gasteiger partial charge in [-0.3, -0.25) is 0 Å². The third kappa shape index (κ3) is 4.69. The third-order valence-electron chi connectivity index (χ3n) is 4.89. The molecule has 2 N–H and O–H groups in total. The minimum Gasteiger partial charge on any atom is -0.497 e. The predicted octanol–water partition coefficient (Wildman–Crippen LogP) is 3.91. The Morgan fingerprint density at radius 1 is 1.15 bits per heavy atom. The molecule has 0 spiro atoms. The van der Waals surface area contributed by atoms with E-state index in [-0.39, 0.29) is 6.03 Å². The molecular formula is C21H27N3O2. The van der Waals surface area contributed by atoms with E-state index in [0.29, 0.717) is 12.5 Å². The van der Waals surface area contributed by atoms with Crippen molar-refractivity contribution in [2.75, 3.05) is 37.0 Å². The van der Waals surface area contributed by atoms with Gasteiger partial charge in [0.25, 0.3) is 0 Å². The number of benzene rings is 2. The number of nitrogens with one attached hydrogen (secondary N) is 2. The zero-order chi connectivity index (χ0) is 18.4. The second kappa shape index (κ2) is 8.61. The number of hydrogen-bond donors (Lipinski definition) is 2. The van der Waals surface area contributed by atoms with Gasteiger partial charge in [-0.1, -0.05) is 19.1 Å². The molecule has 5 nitrogen and oxygen atoms in total. The first-order valence-electron chi connectivity index (χ1n) is 9.20. The molecule has 0 aliphatic carbocycles. The van der Waals surface area contributed by atoms with Crippen LogP contribution in [0.1, 0.15) is 18.9 Å². The summed E-state index contributed by atoms with van der Waals surface area (Å²) in [4.78, 5) is 14.5. The number of ether oxygens (including phenoxy) is 1. The van der Waals surface area contributed by atoms with E-state index in [4.69, 9.17) is 4.74 Å². The van der Waals surface area contributed by atoms with Crippen LogP contribution < -0.4 is 20.3 Å². The zero-order valence-electron chi connectivity index (χ0n) is 15.5. The van der Waals surface area contributed by atoms with Crippen LogP contribution in [-0.4, -0.2) is 32.8 Å². The molecule has 1 atom stereocenters. The lowest BCUT2D eigenvalue weighted by Gasteiger charge is -2.19. The fourth-order valence-electron chi connectivity index (χ4n) is 3.26. The van der Waals surface area contributed by atoms with Crippen molar-refractivity contribution in [3.8, 4) is 5.75 Å². The van der Waals surface area contributed by atoms with E-state index in [1.165, 1.54) is 11.3 Å². The smallest absolute Gasteiger partial charge is 0.319 e. The highest BCUT2D eigenvalue weighted by Crippen LogP contribution is 2.25. The fraction of sp³-hybridized carbons (Fsp3) is 0.381. The summed E-state index contributed by atoms with van der Waals surface area (Å²) in [7, 11) is 1.68. The lowest BCUT2D eigenvalue weighted by Crippen LogP contribution is -2.34. The van der Waals surface area contributed by atoms with E-state index in [9.17, 15) is 4.79 Å². The van der Waals surface area contributed by atoms with Gasteiger partial charge < -0.3 is 20.3 Å². The number of nitrogens with zero attached hydrogens (tertiary/aromatic N) is 1. The van der Waals surface area contributed by atoms with Gasteiger partial charge in [0.15, 0.2) is 0 Å². The molecule has 0 unspecified atom stereocenters. The number of carbonyl (C=O) groups is 1. The maximum absolute atomic E-state index is 12.1. The molecule has 2 aromatic rings. The summed E-state index contributed by atoms with van der Waals surface area (Å²) in [5.41, 5.74) is 3.29. The molecule has 1 heterocycles. The van der Waals surface area contributed by atoms with Gasteiger partial charge in [0.05, 0.1) is 7.11 Å². The van der Waals surface area contributed by atoms with Crippen LogP contribution in [-0.2, 0) is 6.42 Å². The Balaban J connectivity index is 1.43. The standard InChI is InChI=1S/C21H27N3O2/c1-3-16-4-6-18(7-5-16)23-21(25)22-14-17-12-13-24(15-17)19-8-10-20(26-2)11-9-19/h4-11,17H,3,12-15H2,1-2H3,(H2,22,23,25)/t17-/m1/s1. The SMILES string of the molecule is CCc1ccc(NC(=O)NC[C@H]2CCN(c3ccc(OC)cc3)C2)cc1. The number of methoxy groups -OCH3 is 1. The highest BCUT2D eigenvalue weighted by molar-refractivity contribution is 5.89. The molecule has 1 aliphatic rings. The van der Waals surface area contributed by atoms with Crippen LogP contribution in [0.15, 0.2) is 48.5 Å². The first-order chi connectivity index (χ1) is 12.7. The van der Waals surface area contributed by atoms with Gasteiger partial charge in [-0.25, -0.2) is 4.79 Å². The second-order valence-electron chi connectivity index (χ2n) is 6.68. The van der Waals surface area contributed by atoms with E-state index >= 15 is 0 Å². The van der Waals surface area contributed by atoms with Crippen molar-refractivity contribution in [1.29, 1.82) is 0 Å². The number of anilines is 2. The molecule has 0 aromatic heterocycles. The van der Waals surface area contributed by atoms with Gasteiger partial charge in [-0.2, -0.15) is 0 Å². The van der Waals surface area contributed by atoms with Crippen LogP contribution >= 0.6 is 0 Å². The molecule has 0 radical (unpaired) electrons. The minimum atomic E-state index is -0.142. The van der Waals surface area contributed by atoms with E-state index in [1.807, 2.05) is 36.4 Å². The number of hydrogen-bond acceptors (Lipinski definition) is 3. The average Bonchev–Trinajstić information content (AvgIpc) is 3.16. The molecule has 5 heteroatoms. The Morgan fingerprint density at radius 2 is 1.88 bits per heavy atom. The van der Waals surface area contributed by atoms with Crippen molar-refractivity contribution in [2.45, 2.75) is 19.8 Å². The van der Waals surface area contributed by atoms with Gasteiger partial charge >= 0.3 is 6.03 Å². The second-order valence-corrected chi connectivity index (χ2v) is 6.68. The highest BCUT2D eigenvalue weighted by Gasteiger charge is 2.23. The normalized spacial score (nSPS) is 16.4. The monoisotopic (exact) mass is 353 g/mol. The van der Waals surface area contributed by atoms with E-state index in [1.54, 1.807) is 7.11 Å². The van der Waals surface area contributed by atoms with Crippen molar-refractivity contribution in [2.24, 2.45) is 5.92 Å². The van der Waals surface area contributed by atoms with Crippen molar-refractivity contribution < 1.29 is 9.53 Å². The van der Waals surface area contributed by atoms with Crippen LogP contribution in [0, 0.1) is 5.92 Å². The average molecular weight is 353 g/mol. The molecule has 3 rings (SSSR count). The summed E-state index contributed by atoms with van der Waals surface area (Å²) in [6.07, 6.45) is 2.08. The summed E-state index contributed by atoms with van der Waals surface area (Å²) in [6.45, 7) is 4.77. The van der Waals surface area contributed by atoms with Crippen molar-refractivity contribution in [1.82, 2.24) is 5.32 Å². The quantitative estimate of drug-likeness (QED) is 0.828. The van der Waals surface area contributed by atoms with Crippen molar-refractivity contribution in [3.63, 3.8) is 0 Å². The molecule has 2 amide bonds. The van der Waals surface area contributed by atoms with Gasteiger partial charge in [-0.05, 0) is 60.7 Å². The summed E-state index contributed by atoms with van der Waals surface area (Å²) in [5, 5.41) is 5.89. The Kier molecular flexibility index (Phi) is 6.00. The third-order valence-corrected chi connectivity index (χ3v) is 4.89. The summed E-state index contributed by atoms with van der Waals surface area (Å²) < 4.78 is 5.21. The van der Waals surface area contributed by atoms with Crippen LogP contribution in [0.25, 0.3) is 0 Å². The molecule has 2 aromatic carbocycles. The summed E-state index contributed by atoms with van der Waals surface area (Å²) in [5.74, 6) is 1.33. The zero-order valence-corrected chi connectivity index (χ0v) is 15.5.